The van der Waals surface area contributed by atoms with Crippen LogP contribution in [0.1, 0.15) is 32.3 Å². The quantitative estimate of drug-likeness (QED) is 0.706. The Hall–Kier alpha value is -1.83. The van der Waals surface area contributed by atoms with E-state index in [4.69, 9.17) is 9.57 Å². The molecule has 1 fully saturated rings. The summed E-state index contributed by atoms with van der Waals surface area (Å²) in [5, 5.41) is 31.1. The predicted molar refractivity (Wildman–Crippen MR) is 81.8 cm³/mol. The second kappa shape index (κ2) is 6.74. The normalized spacial score (nSPS) is 25.9. The third kappa shape index (κ3) is 4.82. The summed E-state index contributed by atoms with van der Waals surface area (Å²) in [6.07, 6.45) is -2.73. The molecule has 2 rings (SSSR count). The van der Waals surface area contributed by atoms with Gasteiger partial charge in [0.25, 0.3) is 0 Å². The number of aromatic hydroxyl groups is 1. The van der Waals surface area contributed by atoms with Crippen molar-refractivity contribution in [2.24, 2.45) is 0 Å². The molecule has 0 amide bonds. The minimum Gasteiger partial charge on any atom is -0.508 e. The number of phenolic OH excluding ortho intramolecular Hbond substituents is 1. The van der Waals surface area contributed by atoms with Gasteiger partial charge in [0.05, 0.1) is 25.3 Å². The van der Waals surface area contributed by atoms with E-state index in [2.05, 4.69) is 0 Å². The van der Waals surface area contributed by atoms with E-state index in [9.17, 15) is 20.1 Å². The number of benzene rings is 1. The molecule has 0 radical (unpaired) electrons. The number of aliphatic hydroxyl groups is 2. The maximum atomic E-state index is 11.7. The molecule has 23 heavy (non-hydrogen) atoms. The fourth-order valence-electron chi connectivity index (χ4n) is 2.56. The summed E-state index contributed by atoms with van der Waals surface area (Å²) in [4.78, 5) is 16.7. The zero-order valence-corrected chi connectivity index (χ0v) is 13.5. The van der Waals surface area contributed by atoms with E-state index in [0.717, 1.165) is 0 Å². The van der Waals surface area contributed by atoms with E-state index < -0.39 is 29.9 Å². The number of phenols is 1. The molecule has 1 heterocycles. The van der Waals surface area contributed by atoms with Gasteiger partial charge in [-0.25, -0.2) is 4.79 Å². The Bertz CT molecular complexity index is 526. The Morgan fingerprint density at radius 3 is 2.13 bits per heavy atom. The second-order valence-electron chi connectivity index (χ2n) is 6.65. The summed E-state index contributed by atoms with van der Waals surface area (Å²) >= 11 is 0. The van der Waals surface area contributed by atoms with Crippen LogP contribution in [0.2, 0.25) is 0 Å². The number of β-amino-alcohol motifs (C(OH)–C–C–N with tert-alkyl or cyclic N) is 2. The first-order valence-corrected chi connectivity index (χ1v) is 7.46. The van der Waals surface area contributed by atoms with Crippen molar-refractivity contribution in [1.29, 1.82) is 0 Å². The number of nitrogens with zero attached hydrogens (tertiary/aromatic N) is 1. The smallest absolute Gasteiger partial charge is 0.508 e. The number of hydrogen-bond acceptors (Lipinski definition) is 7. The van der Waals surface area contributed by atoms with Gasteiger partial charge < -0.3 is 24.9 Å². The van der Waals surface area contributed by atoms with E-state index in [1.54, 1.807) is 32.9 Å². The Balaban J connectivity index is 1.99. The Labute approximate surface area is 135 Å². The minimum atomic E-state index is -0.925. The first kappa shape index (κ1) is 17.5. The SMILES string of the molecule is CC(C)(C)OC(=O)ON1C[C@@H](O)C(c2ccc(O)cc2)[C@@H](O)C1. The van der Waals surface area contributed by atoms with Crippen LogP contribution in [-0.4, -0.2) is 57.4 Å². The summed E-state index contributed by atoms with van der Waals surface area (Å²) < 4.78 is 5.04. The number of hydrogen-bond donors (Lipinski definition) is 3. The lowest BCUT2D eigenvalue weighted by molar-refractivity contribution is -0.191. The first-order valence-electron chi connectivity index (χ1n) is 7.46. The molecule has 3 N–H and O–H groups in total. The molecule has 7 heteroatoms. The van der Waals surface area contributed by atoms with Crippen molar-refractivity contribution in [2.75, 3.05) is 13.1 Å². The maximum absolute atomic E-state index is 11.7. The molecule has 0 spiro atoms. The number of hydroxylamine groups is 2. The number of piperidine rings is 1. The van der Waals surface area contributed by atoms with E-state index in [1.165, 1.54) is 17.2 Å². The molecule has 1 aliphatic heterocycles. The molecule has 1 saturated heterocycles. The van der Waals surface area contributed by atoms with Crippen LogP contribution in [0.5, 0.6) is 5.75 Å². The van der Waals surface area contributed by atoms with Crippen molar-refractivity contribution in [2.45, 2.75) is 44.5 Å². The lowest BCUT2D eigenvalue weighted by Crippen LogP contribution is -2.51. The molecule has 1 aromatic carbocycles. The van der Waals surface area contributed by atoms with Crippen LogP contribution in [0.4, 0.5) is 4.79 Å². The van der Waals surface area contributed by atoms with Gasteiger partial charge in [0.2, 0.25) is 0 Å². The Morgan fingerprint density at radius 1 is 1.13 bits per heavy atom. The summed E-state index contributed by atoms with van der Waals surface area (Å²) in [5.74, 6) is -0.405. The Kier molecular flexibility index (Phi) is 5.13. The van der Waals surface area contributed by atoms with Gasteiger partial charge in [-0.15, -0.1) is 5.06 Å². The van der Waals surface area contributed by atoms with Crippen LogP contribution < -0.4 is 0 Å². The monoisotopic (exact) mass is 325 g/mol. The standard InChI is InChI=1S/C16H23NO6/c1-16(2,3)22-15(21)23-17-8-12(19)14(13(20)9-17)10-4-6-11(18)7-5-10/h4-7,12-14,18-20H,8-9H2,1-3H3/t12-,13+,14?. The van der Waals surface area contributed by atoms with Crippen LogP contribution >= 0.6 is 0 Å². The lowest BCUT2D eigenvalue weighted by Gasteiger charge is -2.38. The molecule has 0 aliphatic carbocycles. The van der Waals surface area contributed by atoms with E-state index in [0.29, 0.717) is 5.56 Å². The van der Waals surface area contributed by atoms with Crippen molar-refractivity contribution < 1.29 is 29.7 Å². The van der Waals surface area contributed by atoms with Crippen molar-refractivity contribution in [3.05, 3.63) is 29.8 Å². The van der Waals surface area contributed by atoms with E-state index in [-0.39, 0.29) is 18.8 Å². The van der Waals surface area contributed by atoms with Crippen molar-refractivity contribution in [1.82, 2.24) is 5.06 Å². The van der Waals surface area contributed by atoms with Crippen LogP contribution in [0.3, 0.4) is 0 Å². The molecular weight excluding hydrogens is 302 g/mol. The van der Waals surface area contributed by atoms with Crippen LogP contribution in [0.15, 0.2) is 24.3 Å². The van der Waals surface area contributed by atoms with Gasteiger partial charge in [-0.3, -0.25) is 0 Å². The highest BCUT2D eigenvalue weighted by Gasteiger charge is 2.38. The first-order chi connectivity index (χ1) is 10.7. The average Bonchev–Trinajstić information content (AvgIpc) is 2.37. The van der Waals surface area contributed by atoms with Gasteiger partial charge in [-0.1, -0.05) is 12.1 Å². The fourth-order valence-corrected chi connectivity index (χ4v) is 2.56. The summed E-state index contributed by atoms with van der Waals surface area (Å²) in [6.45, 7) is 5.27. The predicted octanol–water partition coefficient (Wildman–Crippen LogP) is 1.38. The van der Waals surface area contributed by atoms with Gasteiger partial charge in [-0.2, -0.15) is 0 Å². The van der Waals surface area contributed by atoms with Gasteiger partial charge in [0, 0.05) is 5.92 Å². The summed E-state index contributed by atoms with van der Waals surface area (Å²) in [5.41, 5.74) is 0.0262. The molecule has 7 nitrogen and oxygen atoms in total. The van der Waals surface area contributed by atoms with Gasteiger partial charge in [0.15, 0.2) is 0 Å². The number of aliphatic hydroxyl groups excluding tert-OH is 2. The zero-order valence-electron chi connectivity index (χ0n) is 13.5. The largest absolute Gasteiger partial charge is 0.528 e. The van der Waals surface area contributed by atoms with Crippen molar-refractivity contribution in [3.8, 4) is 5.75 Å². The highest BCUT2D eigenvalue weighted by molar-refractivity contribution is 5.60. The van der Waals surface area contributed by atoms with Gasteiger partial charge in [0.1, 0.15) is 11.4 Å². The molecule has 0 bridgehead atoms. The van der Waals surface area contributed by atoms with Gasteiger partial charge >= 0.3 is 6.16 Å². The van der Waals surface area contributed by atoms with Crippen LogP contribution in [0, 0.1) is 0 Å². The van der Waals surface area contributed by atoms with Crippen molar-refractivity contribution in [3.63, 3.8) is 0 Å². The average molecular weight is 325 g/mol. The third-order valence-electron chi connectivity index (χ3n) is 3.48. The molecular formula is C16H23NO6. The molecule has 1 aromatic rings. The molecule has 128 valence electrons. The topological polar surface area (TPSA) is 99.5 Å². The van der Waals surface area contributed by atoms with Crippen LogP contribution in [-0.2, 0) is 9.57 Å². The van der Waals surface area contributed by atoms with Crippen LogP contribution in [0.25, 0.3) is 0 Å². The number of ether oxygens (including phenoxy) is 1. The van der Waals surface area contributed by atoms with Gasteiger partial charge in [-0.05, 0) is 38.5 Å². The highest BCUT2D eigenvalue weighted by Crippen LogP contribution is 2.30. The van der Waals surface area contributed by atoms with E-state index in [1.807, 2.05) is 0 Å². The highest BCUT2D eigenvalue weighted by atomic mass is 16.8. The third-order valence-corrected chi connectivity index (χ3v) is 3.48. The number of rotatable bonds is 2. The summed E-state index contributed by atoms with van der Waals surface area (Å²) in [7, 11) is 0. The number of carbonyl (C=O) groups is 1. The molecule has 0 saturated carbocycles. The zero-order chi connectivity index (χ0) is 17.2. The molecule has 1 unspecified atom stereocenters. The minimum absolute atomic E-state index is 0.0574. The number of carbonyl (C=O) groups excluding carboxylic acids is 1. The molecule has 0 aromatic heterocycles. The second-order valence-corrected chi connectivity index (χ2v) is 6.65. The lowest BCUT2D eigenvalue weighted by atomic mass is 9.85. The fraction of sp³-hybridized carbons (Fsp3) is 0.562. The van der Waals surface area contributed by atoms with Crippen molar-refractivity contribution >= 4 is 6.16 Å². The molecule has 1 aliphatic rings. The Morgan fingerprint density at radius 2 is 1.65 bits per heavy atom. The van der Waals surface area contributed by atoms with E-state index >= 15 is 0 Å². The molecule has 3 atom stereocenters. The summed E-state index contributed by atoms with van der Waals surface area (Å²) in [6, 6.07) is 6.30. The maximum Gasteiger partial charge on any atom is 0.528 e.